The Kier molecular flexibility index (Phi) is 3.73. The minimum atomic E-state index is -0.421. The number of hydrogen-bond donors (Lipinski definition) is 2. The number of piperidine rings is 1. The molecule has 1 unspecified atom stereocenters. The van der Waals surface area contributed by atoms with E-state index >= 15 is 0 Å². The molecular formula is C11H22N2O2. The molecule has 0 aliphatic carbocycles. The molecule has 1 rings (SSSR count). The second-order valence-corrected chi connectivity index (χ2v) is 5.41. The zero-order valence-corrected chi connectivity index (χ0v) is 9.93. The zero-order valence-electron chi connectivity index (χ0n) is 9.93. The van der Waals surface area contributed by atoms with Gasteiger partial charge in [-0.15, -0.1) is 0 Å². The van der Waals surface area contributed by atoms with Crippen molar-refractivity contribution >= 4 is 5.97 Å². The molecule has 1 saturated heterocycles. The van der Waals surface area contributed by atoms with Gasteiger partial charge in [-0.25, -0.2) is 0 Å². The molecule has 0 radical (unpaired) electrons. The van der Waals surface area contributed by atoms with Crippen LogP contribution in [0.25, 0.3) is 0 Å². The fourth-order valence-electron chi connectivity index (χ4n) is 1.81. The Labute approximate surface area is 91.5 Å². The van der Waals surface area contributed by atoms with E-state index in [0.29, 0.717) is 13.0 Å². The van der Waals surface area contributed by atoms with E-state index in [4.69, 9.17) is 10.5 Å². The summed E-state index contributed by atoms with van der Waals surface area (Å²) in [6.45, 7) is 7.30. The third kappa shape index (κ3) is 4.62. The summed E-state index contributed by atoms with van der Waals surface area (Å²) in [5.74, 6) is -0.200. The van der Waals surface area contributed by atoms with Gasteiger partial charge in [0.25, 0.3) is 0 Å². The van der Waals surface area contributed by atoms with E-state index in [1.165, 1.54) is 0 Å². The van der Waals surface area contributed by atoms with E-state index in [2.05, 4.69) is 5.32 Å². The normalized spacial score (nSPS) is 27.5. The Morgan fingerprint density at radius 2 is 2.20 bits per heavy atom. The van der Waals surface area contributed by atoms with Gasteiger partial charge in [0.15, 0.2) is 0 Å². The number of nitrogens with one attached hydrogen (secondary N) is 1. The van der Waals surface area contributed by atoms with Gasteiger partial charge in [-0.1, -0.05) is 0 Å². The maximum Gasteiger partial charge on any atom is 0.308 e. The van der Waals surface area contributed by atoms with Gasteiger partial charge in [-0.05, 0) is 40.2 Å². The first-order chi connectivity index (χ1) is 6.81. The largest absolute Gasteiger partial charge is 0.460 e. The van der Waals surface area contributed by atoms with Crippen LogP contribution in [0.3, 0.4) is 0 Å². The molecule has 4 heteroatoms. The highest BCUT2D eigenvalue weighted by Crippen LogP contribution is 2.19. The molecule has 0 aromatic rings. The van der Waals surface area contributed by atoms with Crippen molar-refractivity contribution < 1.29 is 9.53 Å². The highest BCUT2D eigenvalue weighted by Gasteiger charge is 2.31. The van der Waals surface area contributed by atoms with Gasteiger partial charge >= 0.3 is 5.97 Å². The molecule has 0 aromatic heterocycles. The van der Waals surface area contributed by atoms with Gasteiger partial charge in [-0.3, -0.25) is 4.79 Å². The standard InChI is InChI=1S/C11H22N2O2/c1-10(2,3)15-9(14)7-11(12)5-4-6-13-8-11/h13H,4-8,12H2,1-3H3. The van der Waals surface area contributed by atoms with Crippen LogP contribution in [-0.2, 0) is 9.53 Å². The first-order valence-electron chi connectivity index (χ1n) is 5.52. The number of carbonyl (C=O) groups is 1. The molecule has 88 valence electrons. The molecule has 1 heterocycles. The fourth-order valence-corrected chi connectivity index (χ4v) is 1.81. The van der Waals surface area contributed by atoms with Crippen LogP contribution in [0.5, 0.6) is 0 Å². The van der Waals surface area contributed by atoms with E-state index in [1.807, 2.05) is 20.8 Å². The highest BCUT2D eigenvalue weighted by molar-refractivity contribution is 5.71. The lowest BCUT2D eigenvalue weighted by Crippen LogP contribution is -2.54. The average molecular weight is 214 g/mol. The second kappa shape index (κ2) is 4.49. The molecule has 0 spiro atoms. The molecule has 0 saturated carbocycles. The minimum Gasteiger partial charge on any atom is -0.460 e. The van der Waals surface area contributed by atoms with E-state index in [-0.39, 0.29) is 5.97 Å². The van der Waals surface area contributed by atoms with Crippen LogP contribution in [0.4, 0.5) is 0 Å². The summed E-state index contributed by atoms with van der Waals surface area (Å²) in [4.78, 5) is 11.6. The second-order valence-electron chi connectivity index (χ2n) is 5.41. The van der Waals surface area contributed by atoms with Crippen molar-refractivity contribution in [2.45, 2.75) is 51.2 Å². The lowest BCUT2D eigenvalue weighted by atomic mass is 9.88. The van der Waals surface area contributed by atoms with Crippen molar-refractivity contribution in [3.8, 4) is 0 Å². The topological polar surface area (TPSA) is 64.3 Å². The molecule has 1 atom stereocenters. The Hall–Kier alpha value is -0.610. The van der Waals surface area contributed by atoms with Crippen LogP contribution in [0, 0.1) is 0 Å². The van der Waals surface area contributed by atoms with E-state index in [0.717, 1.165) is 19.4 Å². The van der Waals surface area contributed by atoms with Crippen LogP contribution in [0.2, 0.25) is 0 Å². The number of nitrogens with two attached hydrogens (primary N) is 1. The van der Waals surface area contributed by atoms with E-state index in [9.17, 15) is 4.79 Å². The predicted octanol–water partition coefficient (Wildman–Crippen LogP) is 0.799. The van der Waals surface area contributed by atoms with Crippen LogP contribution >= 0.6 is 0 Å². The summed E-state index contributed by atoms with van der Waals surface area (Å²) in [5, 5.41) is 3.21. The molecule has 0 bridgehead atoms. The molecular weight excluding hydrogens is 192 g/mol. The molecule has 1 aliphatic heterocycles. The Bertz CT molecular complexity index is 227. The SMILES string of the molecule is CC(C)(C)OC(=O)CC1(N)CCCNC1. The van der Waals surface area contributed by atoms with E-state index < -0.39 is 11.1 Å². The maximum atomic E-state index is 11.6. The monoisotopic (exact) mass is 214 g/mol. The van der Waals surface area contributed by atoms with Gasteiger partial charge in [-0.2, -0.15) is 0 Å². The Morgan fingerprint density at radius 1 is 1.53 bits per heavy atom. The number of esters is 1. The van der Waals surface area contributed by atoms with Crippen LogP contribution < -0.4 is 11.1 Å². The number of carbonyl (C=O) groups excluding carboxylic acids is 1. The molecule has 0 aromatic carbocycles. The quantitative estimate of drug-likeness (QED) is 0.667. The summed E-state index contributed by atoms with van der Waals surface area (Å²) in [5.41, 5.74) is 5.28. The fraction of sp³-hybridized carbons (Fsp3) is 0.909. The molecule has 3 N–H and O–H groups in total. The number of ether oxygens (including phenoxy) is 1. The third-order valence-corrected chi connectivity index (χ3v) is 2.42. The lowest BCUT2D eigenvalue weighted by Gasteiger charge is -2.34. The van der Waals surface area contributed by atoms with Crippen LogP contribution in [-0.4, -0.2) is 30.2 Å². The van der Waals surface area contributed by atoms with E-state index in [1.54, 1.807) is 0 Å². The van der Waals surface area contributed by atoms with Crippen LogP contribution in [0.1, 0.15) is 40.0 Å². The first kappa shape index (κ1) is 12.5. The average Bonchev–Trinajstić information content (AvgIpc) is 1.99. The van der Waals surface area contributed by atoms with Gasteiger partial charge in [0.1, 0.15) is 5.60 Å². The smallest absolute Gasteiger partial charge is 0.308 e. The zero-order chi connectivity index (χ0) is 11.5. The maximum absolute atomic E-state index is 11.6. The number of rotatable bonds is 2. The van der Waals surface area contributed by atoms with Gasteiger partial charge in [0, 0.05) is 12.1 Å². The predicted molar refractivity (Wildman–Crippen MR) is 59.5 cm³/mol. The Morgan fingerprint density at radius 3 is 2.67 bits per heavy atom. The molecule has 15 heavy (non-hydrogen) atoms. The molecule has 4 nitrogen and oxygen atoms in total. The molecule has 0 amide bonds. The van der Waals surface area contributed by atoms with Gasteiger partial charge in [0.2, 0.25) is 0 Å². The van der Waals surface area contributed by atoms with Crippen molar-refractivity contribution in [3.05, 3.63) is 0 Å². The summed E-state index contributed by atoms with van der Waals surface area (Å²) in [6.07, 6.45) is 2.22. The summed E-state index contributed by atoms with van der Waals surface area (Å²) in [6, 6.07) is 0. The number of hydrogen-bond acceptors (Lipinski definition) is 4. The van der Waals surface area contributed by atoms with Crippen molar-refractivity contribution in [1.82, 2.24) is 5.32 Å². The Balaban J connectivity index is 2.42. The lowest BCUT2D eigenvalue weighted by molar-refractivity contribution is -0.156. The third-order valence-electron chi connectivity index (χ3n) is 2.42. The van der Waals surface area contributed by atoms with Crippen molar-refractivity contribution in [3.63, 3.8) is 0 Å². The van der Waals surface area contributed by atoms with Gasteiger partial charge < -0.3 is 15.8 Å². The van der Waals surface area contributed by atoms with Gasteiger partial charge in [0.05, 0.1) is 6.42 Å². The summed E-state index contributed by atoms with van der Waals surface area (Å²) < 4.78 is 5.26. The first-order valence-corrected chi connectivity index (χ1v) is 5.52. The minimum absolute atomic E-state index is 0.200. The van der Waals surface area contributed by atoms with Crippen molar-refractivity contribution in [2.24, 2.45) is 5.73 Å². The summed E-state index contributed by atoms with van der Waals surface area (Å²) in [7, 11) is 0. The highest BCUT2D eigenvalue weighted by atomic mass is 16.6. The van der Waals surface area contributed by atoms with Crippen LogP contribution in [0.15, 0.2) is 0 Å². The summed E-state index contributed by atoms with van der Waals surface area (Å²) >= 11 is 0. The molecule has 1 fully saturated rings. The van der Waals surface area contributed by atoms with Crippen molar-refractivity contribution in [1.29, 1.82) is 0 Å². The molecule has 1 aliphatic rings. The van der Waals surface area contributed by atoms with Crippen molar-refractivity contribution in [2.75, 3.05) is 13.1 Å².